The highest BCUT2D eigenvalue weighted by Crippen LogP contribution is 2.00. The van der Waals surface area contributed by atoms with E-state index in [0.717, 1.165) is 5.69 Å². The van der Waals surface area contributed by atoms with E-state index in [1.165, 1.54) is 4.90 Å². The van der Waals surface area contributed by atoms with Gasteiger partial charge in [-0.05, 0) is 12.1 Å². The van der Waals surface area contributed by atoms with E-state index in [9.17, 15) is 9.59 Å². The largest absolute Gasteiger partial charge is 0.480 e. The van der Waals surface area contributed by atoms with Crippen molar-refractivity contribution in [2.75, 3.05) is 13.6 Å². The van der Waals surface area contributed by atoms with Crippen LogP contribution in [0.1, 0.15) is 12.1 Å². The number of hydrogen-bond donors (Lipinski definition) is 3. The second-order valence-corrected chi connectivity index (χ2v) is 3.91. The third kappa shape index (κ3) is 4.28. The van der Waals surface area contributed by atoms with Gasteiger partial charge in [-0.2, -0.15) is 0 Å². The Morgan fingerprint density at radius 1 is 1.59 bits per heavy atom. The number of carbonyl (C=O) groups excluding carboxylic acids is 1. The topological polar surface area (TPSA) is 99.4 Å². The van der Waals surface area contributed by atoms with Gasteiger partial charge in [0.1, 0.15) is 6.04 Å². The maximum atomic E-state index is 11.6. The number of aromatic nitrogens is 1. The van der Waals surface area contributed by atoms with Crippen molar-refractivity contribution in [3.63, 3.8) is 0 Å². The van der Waals surface area contributed by atoms with Gasteiger partial charge in [0.15, 0.2) is 0 Å². The molecule has 1 atom stereocenters. The number of H-pyrrole nitrogens is 1. The molecule has 0 aliphatic rings. The molecule has 0 aromatic carbocycles. The molecule has 6 nitrogen and oxygen atoms in total. The fourth-order valence-electron chi connectivity index (χ4n) is 1.37. The average Bonchev–Trinajstić information content (AvgIpc) is 2.78. The SMILES string of the molecule is CN(CCc1ccc[nH]1)C(=O)CC(N)C(=O)O. The molecule has 0 fully saturated rings. The fourth-order valence-corrected chi connectivity index (χ4v) is 1.37. The highest BCUT2D eigenvalue weighted by atomic mass is 16.4. The molecule has 1 rings (SSSR count). The summed E-state index contributed by atoms with van der Waals surface area (Å²) in [6.07, 6.45) is 2.35. The number of nitrogens with zero attached hydrogens (tertiary/aromatic N) is 1. The molecule has 0 aliphatic heterocycles. The Bertz CT molecular complexity index is 375. The van der Waals surface area contributed by atoms with Crippen molar-refractivity contribution < 1.29 is 14.7 Å². The van der Waals surface area contributed by atoms with Crippen molar-refractivity contribution in [3.8, 4) is 0 Å². The van der Waals surface area contributed by atoms with E-state index < -0.39 is 12.0 Å². The summed E-state index contributed by atoms with van der Waals surface area (Å²) >= 11 is 0. The number of carboxylic acids is 1. The van der Waals surface area contributed by atoms with Gasteiger partial charge in [0.05, 0.1) is 6.42 Å². The van der Waals surface area contributed by atoms with Crippen molar-refractivity contribution in [2.45, 2.75) is 18.9 Å². The molecule has 4 N–H and O–H groups in total. The van der Waals surface area contributed by atoms with Crippen LogP contribution in [0.4, 0.5) is 0 Å². The number of nitrogens with one attached hydrogen (secondary N) is 1. The maximum Gasteiger partial charge on any atom is 0.321 e. The average molecular weight is 239 g/mol. The van der Waals surface area contributed by atoms with Gasteiger partial charge in [0.2, 0.25) is 5.91 Å². The van der Waals surface area contributed by atoms with Crippen LogP contribution in [0.5, 0.6) is 0 Å². The highest BCUT2D eigenvalue weighted by Gasteiger charge is 2.18. The first-order chi connectivity index (χ1) is 8.00. The van der Waals surface area contributed by atoms with Crippen LogP contribution >= 0.6 is 0 Å². The molecule has 94 valence electrons. The smallest absolute Gasteiger partial charge is 0.321 e. The standard InChI is InChI=1S/C11H17N3O3/c1-14(6-4-8-3-2-5-13-8)10(15)7-9(12)11(16)17/h2-3,5,9,13H,4,6-7,12H2,1H3,(H,16,17). The van der Waals surface area contributed by atoms with E-state index in [1.807, 2.05) is 18.3 Å². The third-order valence-corrected chi connectivity index (χ3v) is 2.52. The van der Waals surface area contributed by atoms with Crippen molar-refractivity contribution in [1.29, 1.82) is 0 Å². The summed E-state index contributed by atoms with van der Waals surface area (Å²) in [7, 11) is 1.64. The lowest BCUT2D eigenvalue weighted by Gasteiger charge is -2.17. The minimum absolute atomic E-state index is 0.170. The number of carboxylic acid groups (broad SMARTS) is 1. The number of nitrogens with two attached hydrogens (primary N) is 1. The van der Waals surface area contributed by atoms with Gasteiger partial charge in [-0.1, -0.05) is 0 Å². The van der Waals surface area contributed by atoms with Crippen LogP contribution < -0.4 is 5.73 Å². The van der Waals surface area contributed by atoms with Gasteiger partial charge in [0.25, 0.3) is 0 Å². The molecule has 0 spiro atoms. The number of hydrogen-bond acceptors (Lipinski definition) is 3. The molecule has 1 heterocycles. The van der Waals surface area contributed by atoms with E-state index in [4.69, 9.17) is 10.8 Å². The first-order valence-corrected chi connectivity index (χ1v) is 5.35. The summed E-state index contributed by atoms with van der Waals surface area (Å²) < 4.78 is 0. The maximum absolute atomic E-state index is 11.6. The summed E-state index contributed by atoms with van der Waals surface area (Å²) in [6, 6.07) is 2.69. The third-order valence-electron chi connectivity index (χ3n) is 2.52. The molecule has 6 heteroatoms. The number of rotatable bonds is 6. The zero-order valence-electron chi connectivity index (χ0n) is 9.72. The van der Waals surface area contributed by atoms with Crippen LogP contribution in [0.15, 0.2) is 18.3 Å². The van der Waals surface area contributed by atoms with Crippen molar-refractivity contribution in [3.05, 3.63) is 24.0 Å². The van der Waals surface area contributed by atoms with Gasteiger partial charge in [0, 0.05) is 31.9 Å². The Morgan fingerprint density at radius 3 is 2.82 bits per heavy atom. The first kappa shape index (κ1) is 13.2. The van der Waals surface area contributed by atoms with Gasteiger partial charge in [-0.3, -0.25) is 9.59 Å². The van der Waals surface area contributed by atoms with E-state index >= 15 is 0 Å². The van der Waals surface area contributed by atoms with Crippen LogP contribution in [0.2, 0.25) is 0 Å². The highest BCUT2D eigenvalue weighted by molar-refractivity contribution is 5.84. The van der Waals surface area contributed by atoms with Crippen LogP contribution in [0.3, 0.4) is 0 Å². The predicted octanol–water partition coefficient (Wildman–Crippen LogP) is -0.182. The molecular formula is C11H17N3O3. The Hall–Kier alpha value is -1.82. The van der Waals surface area contributed by atoms with Gasteiger partial charge in [-0.15, -0.1) is 0 Å². The monoisotopic (exact) mass is 239 g/mol. The van der Waals surface area contributed by atoms with Crippen LogP contribution in [-0.4, -0.2) is 46.5 Å². The van der Waals surface area contributed by atoms with E-state index in [0.29, 0.717) is 13.0 Å². The van der Waals surface area contributed by atoms with Gasteiger partial charge in [-0.25, -0.2) is 0 Å². The second-order valence-electron chi connectivity index (χ2n) is 3.91. The molecule has 0 saturated heterocycles. The molecule has 1 amide bonds. The van der Waals surface area contributed by atoms with E-state index in [2.05, 4.69) is 4.98 Å². The lowest BCUT2D eigenvalue weighted by molar-refractivity contribution is -0.142. The number of aliphatic carboxylic acids is 1. The summed E-state index contributed by atoms with van der Waals surface area (Å²) in [6.45, 7) is 0.533. The molecule has 0 bridgehead atoms. The van der Waals surface area contributed by atoms with Crippen molar-refractivity contribution in [2.24, 2.45) is 5.73 Å². The zero-order chi connectivity index (χ0) is 12.8. The minimum atomic E-state index is -1.16. The van der Waals surface area contributed by atoms with Crippen LogP contribution in [0, 0.1) is 0 Å². The second kappa shape index (κ2) is 6.05. The normalized spacial score (nSPS) is 12.1. The molecule has 1 aromatic rings. The van der Waals surface area contributed by atoms with Crippen molar-refractivity contribution in [1.82, 2.24) is 9.88 Å². The molecule has 1 aromatic heterocycles. The number of amides is 1. The Balaban J connectivity index is 2.34. The molecule has 0 aliphatic carbocycles. The zero-order valence-corrected chi connectivity index (χ0v) is 9.72. The number of aromatic amines is 1. The van der Waals surface area contributed by atoms with Gasteiger partial charge < -0.3 is 20.7 Å². The molecule has 0 saturated carbocycles. The first-order valence-electron chi connectivity index (χ1n) is 5.35. The Morgan fingerprint density at radius 2 is 2.29 bits per heavy atom. The van der Waals surface area contributed by atoms with E-state index in [-0.39, 0.29) is 12.3 Å². The lowest BCUT2D eigenvalue weighted by atomic mass is 10.2. The van der Waals surface area contributed by atoms with Crippen molar-refractivity contribution >= 4 is 11.9 Å². The predicted molar refractivity (Wildman–Crippen MR) is 62.4 cm³/mol. The Kier molecular flexibility index (Phi) is 4.71. The summed E-state index contributed by atoms with van der Waals surface area (Å²) in [5.41, 5.74) is 6.33. The summed E-state index contributed by atoms with van der Waals surface area (Å²) in [5.74, 6) is -1.41. The fraction of sp³-hybridized carbons (Fsp3) is 0.455. The summed E-state index contributed by atoms with van der Waals surface area (Å²) in [4.78, 5) is 26.6. The number of carbonyl (C=O) groups is 2. The Labute approximate surface area is 99.4 Å². The van der Waals surface area contributed by atoms with E-state index in [1.54, 1.807) is 7.05 Å². The molecular weight excluding hydrogens is 222 g/mol. The minimum Gasteiger partial charge on any atom is -0.480 e. The number of likely N-dealkylation sites (N-methyl/N-ethyl adjacent to an activating group) is 1. The lowest BCUT2D eigenvalue weighted by Crippen LogP contribution is -2.38. The quantitative estimate of drug-likeness (QED) is 0.641. The molecule has 1 unspecified atom stereocenters. The summed E-state index contributed by atoms with van der Waals surface area (Å²) in [5, 5.41) is 8.59. The van der Waals surface area contributed by atoms with Crippen LogP contribution in [-0.2, 0) is 16.0 Å². The molecule has 17 heavy (non-hydrogen) atoms. The molecule has 0 radical (unpaired) electrons. The van der Waals surface area contributed by atoms with Crippen LogP contribution in [0.25, 0.3) is 0 Å². The van der Waals surface area contributed by atoms with Gasteiger partial charge >= 0.3 is 5.97 Å².